The summed E-state index contributed by atoms with van der Waals surface area (Å²) >= 11 is 0. The van der Waals surface area contributed by atoms with Crippen molar-refractivity contribution in [3.63, 3.8) is 0 Å². The fraction of sp³-hybridized carbons (Fsp3) is 0.176. The van der Waals surface area contributed by atoms with Crippen molar-refractivity contribution in [2.24, 2.45) is 16.5 Å². The van der Waals surface area contributed by atoms with Crippen molar-refractivity contribution in [2.75, 3.05) is 5.75 Å². The van der Waals surface area contributed by atoms with Crippen LogP contribution in [0.1, 0.15) is 27.0 Å². The summed E-state index contributed by atoms with van der Waals surface area (Å²) < 4.78 is 25.2. The van der Waals surface area contributed by atoms with Crippen molar-refractivity contribution in [3.05, 3.63) is 64.7 Å². The van der Waals surface area contributed by atoms with Gasteiger partial charge in [0.15, 0.2) is 15.8 Å². The molecule has 0 radical (unpaired) electrons. The van der Waals surface area contributed by atoms with Crippen LogP contribution in [-0.4, -0.2) is 31.1 Å². The number of nitrogens with two attached hydrogens (primary N) is 2. The molecule has 0 spiro atoms. The maximum Gasteiger partial charge on any atom is 0.280 e. The third-order valence-corrected chi connectivity index (χ3v) is 6.02. The third kappa shape index (κ3) is 2.79. The van der Waals surface area contributed by atoms with Gasteiger partial charge in [-0.15, -0.1) is 0 Å². The van der Waals surface area contributed by atoms with Crippen molar-refractivity contribution in [2.45, 2.75) is 17.4 Å². The first-order chi connectivity index (χ1) is 11.6. The Labute approximate surface area is 144 Å². The molecule has 7 nitrogen and oxygen atoms in total. The van der Waals surface area contributed by atoms with Crippen LogP contribution >= 0.6 is 0 Å². The number of carbonyl (C=O) groups is 1. The van der Waals surface area contributed by atoms with Gasteiger partial charge >= 0.3 is 0 Å². The lowest BCUT2D eigenvalue weighted by Crippen LogP contribution is -2.29. The molecule has 0 saturated carbocycles. The number of carbonyl (C=O) groups excluding carboxylic acids is 1. The molecule has 1 heterocycles. The molecule has 0 saturated heterocycles. The summed E-state index contributed by atoms with van der Waals surface area (Å²) in [5.74, 6) is -1.63. The van der Waals surface area contributed by atoms with E-state index in [0.29, 0.717) is 11.1 Å². The first-order valence-electron chi connectivity index (χ1n) is 7.45. The molecule has 1 aliphatic heterocycles. The second-order valence-corrected chi connectivity index (χ2v) is 7.95. The number of rotatable bonds is 2. The van der Waals surface area contributed by atoms with Crippen molar-refractivity contribution < 1.29 is 18.3 Å². The van der Waals surface area contributed by atoms with Crippen LogP contribution in [0, 0.1) is 6.92 Å². The predicted octanol–water partition coefficient (Wildman–Crippen LogP) is 0.432. The maximum atomic E-state index is 12.6. The van der Waals surface area contributed by atoms with E-state index >= 15 is 0 Å². The van der Waals surface area contributed by atoms with E-state index in [1.807, 2.05) is 0 Å². The van der Waals surface area contributed by atoms with Crippen molar-refractivity contribution >= 4 is 21.7 Å². The zero-order chi connectivity index (χ0) is 18.4. The summed E-state index contributed by atoms with van der Waals surface area (Å²) in [5.41, 5.74) is 10.0. The largest absolute Gasteiger partial charge is 0.379 e. The normalized spacial score (nSPS) is 20.7. The number of benzene rings is 2. The first kappa shape index (κ1) is 17.1. The highest BCUT2D eigenvalue weighted by Crippen LogP contribution is 2.43. The van der Waals surface area contributed by atoms with Gasteiger partial charge in [-0.3, -0.25) is 4.79 Å². The van der Waals surface area contributed by atoms with E-state index in [-0.39, 0.29) is 16.0 Å². The van der Waals surface area contributed by atoms with Gasteiger partial charge in [-0.2, -0.15) is 4.99 Å². The highest BCUT2D eigenvalue weighted by molar-refractivity contribution is 7.91. The predicted molar refractivity (Wildman–Crippen MR) is 92.8 cm³/mol. The lowest BCUT2D eigenvalue weighted by molar-refractivity contribution is 0.0997. The quantitative estimate of drug-likeness (QED) is 0.525. The number of hydrogen-bond donors (Lipinski definition) is 3. The highest BCUT2D eigenvalue weighted by atomic mass is 32.2. The van der Waals surface area contributed by atoms with Crippen LogP contribution in [0.4, 0.5) is 0 Å². The average Bonchev–Trinajstić information content (AvgIpc) is 2.73. The van der Waals surface area contributed by atoms with Crippen LogP contribution in [0.5, 0.6) is 0 Å². The Morgan fingerprint density at radius 2 is 1.84 bits per heavy atom. The molecule has 1 aliphatic rings. The molecule has 0 aliphatic carbocycles. The van der Waals surface area contributed by atoms with Crippen LogP contribution in [0.2, 0.25) is 0 Å². The molecule has 130 valence electrons. The fourth-order valence-corrected chi connectivity index (χ4v) is 4.95. The number of aliphatic hydroxyl groups is 1. The number of amides is 1. The second-order valence-electron chi connectivity index (χ2n) is 5.99. The molecule has 2 aromatic rings. The minimum Gasteiger partial charge on any atom is -0.379 e. The van der Waals surface area contributed by atoms with Crippen LogP contribution in [-0.2, 0) is 15.4 Å². The lowest BCUT2D eigenvalue weighted by atomic mass is 9.86. The van der Waals surface area contributed by atoms with Crippen LogP contribution in [0.25, 0.3) is 0 Å². The molecule has 0 aromatic heterocycles. The number of guanidine groups is 1. The Balaban J connectivity index is 2.24. The summed E-state index contributed by atoms with van der Waals surface area (Å²) in [7, 11) is -3.78. The molecule has 1 atom stereocenters. The molecular formula is C17H17N3O4S. The lowest BCUT2D eigenvalue weighted by Gasteiger charge is -2.23. The van der Waals surface area contributed by atoms with Gasteiger partial charge in [0, 0.05) is 11.1 Å². The Kier molecular flexibility index (Phi) is 3.89. The van der Waals surface area contributed by atoms with Crippen molar-refractivity contribution in [1.29, 1.82) is 0 Å². The van der Waals surface area contributed by atoms with E-state index in [1.165, 1.54) is 12.1 Å². The van der Waals surface area contributed by atoms with Gasteiger partial charge < -0.3 is 16.6 Å². The molecular weight excluding hydrogens is 342 g/mol. The molecule has 25 heavy (non-hydrogen) atoms. The van der Waals surface area contributed by atoms with E-state index in [2.05, 4.69) is 4.99 Å². The SMILES string of the molecule is Cc1cc2c(cc1C(=O)N=C(N)N)S(=O)(=O)CC2(O)c1ccccc1. The number of sulfone groups is 1. The van der Waals surface area contributed by atoms with Gasteiger partial charge in [0.05, 0.1) is 10.6 Å². The van der Waals surface area contributed by atoms with Crippen LogP contribution in [0.3, 0.4) is 0 Å². The van der Waals surface area contributed by atoms with Gasteiger partial charge in [-0.1, -0.05) is 36.4 Å². The topological polar surface area (TPSA) is 136 Å². The van der Waals surface area contributed by atoms with E-state index < -0.39 is 33.1 Å². The van der Waals surface area contributed by atoms with Gasteiger partial charge in [0.1, 0.15) is 5.60 Å². The smallest absolute Gasteiger partial charge is 0.280 e. The minimum atomic E-state index is -3.78. The molecule has 2 aromatic carbocycles. The summed E-state index contributed by atoms with van der Waals surface area (Å²) in [4.78, 5) is 15.5. The van der Waals surface area contributed by atoms with Crippen LogP contribution in [0.15, 0.2) is 52.4 Å². The van der Waals surface area contributed by atoms with Crippen LogP contribution < -0.4 is 11.5 Å². The number of aliphatic imine (C=N–C) groups is 1. The zero-order valence-electron chi connectivity index (χ0n) is 13.4. The summed E-state index contributed by atoms with van der Waals surface area (Å²) in [6, 6.07) is 11.3. The summed E-state index contributed by atoms with van der Waals surface area (Å²) in [6.07, 6.45) is 0. The molecule has 1 unspecified atom stereocenters. The van der Waals surface area contributed by atoms with Gasteiger partial charge in [-0.05, 0) is 24.1 Å². The van der Waals surface area contributed by atoms with Gasteiger partial charge in [0.2, 0.25) is 0 Å². The fourth-order valence-electron chi connectivity index (χ4n) is 3.06. The zero-order valence-corrected chi connectivity index (χ0v) is 14.2. The molecule has 0 fully saturated rings. The van der Waals surface area contributed by atoms with E-state index in [9.17, 15) is 18.3 Å². The average molecular weight is 359 g/mol. The second kappa shape index (κ2) is 5.68. The molecule has 3 rings (SSSR count). The van der Waals surface area contributed by atoms with Gasteiger partial charge in [0.25, 0.3) is 5.91 Å². The van der Waals surface area contributed by atoms with E-state index in [0.717, 1.165) is 0 Å². The Morgan fingerprint density at radius 3 is 2.44 bits per heavy atom. The molecule has 5 N–H and O–H groups in total. The molecule has 1 amide bonds. The first-order valence-corrected chi connectivity index (χ1v) is 9.10. The number of fused-ring (bicyclic) bond motifs is 1. The van der Waals surface area contributed by atoms with E-state index in [4.69, 9.17) is 11.5 Å². The Morgan fingerprint density at radius 1 is 1.20 bits per heavy atom. The maximum absolute atomic E-state index is 12.6. The van der Waals surface area contributed by atoms with Gasteiger partial charge in [-0.25, -0.2) is 8.42 Å². The Hall–Kier alpha value is -2.71. The summed E-state index contributed by atoms with van der Waals surface area (Å²) in [5, 5.41) is 11.1. The third-order valence-electron chi connectivity index (χ3n) is 4.22. The highest BCUT2D eigenvalue weighted by Gasteiger charge is 2.47. The van der Waals surface area contributed by atoms with Crippen molar-refractivity contribution in [3.8, 4) is 0 Å². The standard InChI is InChI=1S/C17H17N3O4S/c1-10-7-13-14(8-12(10)15(21)20-16(18)19)25(23,24)9-17(13,22)11-5-3-2-4-6-11/h2-8,22H,9H2,1H3,(H4,18,19,20,21). The van der Waals surface area contributed by atoms with E-state index in [1.54, 1.807) is 37.3 Å². The molecule has 8 heteroatoms. The number of nitrogens with zero attached hydrogens (tertiary/aromatic N) is 1. The van der Waals surface area contributed by atoms with Crippen molar-refractivity contribution in [1.82, 2.24) is 0 Å². The molecule has 0 bridgehead atoms. The summed E-state index contributed by atoms with van der Waals surface area (Å²) in [6.45, 7) is 1.63. The number of aryl methyl sites for hydroxylation is 1. The number of hydrogen-bond acceptors (Lipinski definition) is 4. The minimum absolute atomic E-state index is 0.0769. The Bertz CT molecular complexity index is 996. The monoisotopic (exact) mass is 359 g/mol.